The Balaban J connectivity index is 1.90. The number of carbonyl (C=O) groups excluding carboxylic acids is 1. The van der Waals surface area contributed by atoms with Crippen molar-refractivity contribution in [3.8, 4) is 17.1 Å². The van der Waals surface area contributed by atoms with Crippen molar-refractivity contribution in [3.63, 3.8) is 0 Å². The molecule has 1 saturated carbocycles. The molecule has 7 heteroatoms. The number of methoxy groups -OCH3 is 1. The zero-order valence-corrected chi connectivity index (χ0v) is 15.1. The van der Waals surface area contributed by atoms with Gasteiger partial charge in [-0.1, -0.05) is 12.8 Å². The van der Waals surface area contributed by atoms with E-state index >= 15 is 0 Å². The van der Waals surface area contributed by atoms with Gasteiger partial charge in [0.25, 0.3) is 5.91 Å². The highest BCUT2D eigenvalue weighted by Crippen LogP contribution is 2.39. The molecule has 3 aromatic rings. The van der Waals surface area contributed by atoms with E-state index in [2.05, 4.69) is 15.0 Å². The minimum Gasteiger partial charge on any atom is -0.480 e. The zero-order valence-electron chi connectivity index (χ0n) is 14.3. The van der Waals surface area contributed by atoms with E-state index in [1.165, 1.54) is 24.2 Å². The topological polar surface area (TPSA) is 69.0 Å². The van der Waals surface area contributed by atoms with E-state index in [1.807, 2.05) is 17.5 Å². The fraction of sp³-hybridized carbons (Fsp3) is 0.389. The number of nitrogens with one attached hydrogen (secondary N) is 1. The molecule has 0 bridgehead atoms. The third-order valence-electron chi connectivity index (χ3n) is 4.77. The monoisotopic (exact) mass is 356 g/mol. The van der Waals surface area contributed by atoms with Gasteiger partial charge in [-0.15, -0.1) is 11.3 Å². The van der Waals surface area contributed by atoms with Crippen molar-refractivity contribution in [3.05, 3.63) is 28.6 Å². The first-order chi connectivity index (χ1) is 12.2. The van der Waals surface area contributed by atoms with Crippen LogP contribution in [-0.4, -0.2) is 34.8 Å². The van der Waals surface area contributed by atoms with Crippen LogP contribution in [-0.2, 0) is 0 Å². The maximum atomic E-state index is 11.9. The van der Waals surface area contributed by atoms with Gasteiger partial charge in [-0.25, -0.2) is 4.98 Å². The van der Waals surface area contributed by atoms with Crippen molar-refractivity contribution in [2.24, 2.45) is 0 Å². The van der Waals surface area contributed by atoms with Gasteiger partial charge >= 0.3 is 0 Å². The SMILES string of the molecule is CNC(=O)c1cc(-c2nn(C3CCCC3)c3ccnc(OC)c23)cs1. The molecule has 25 heavy (non-hydrogen) atoms. The molecule has 0 saturated heterocycles. The predicted octanol–water partition coefficient (Wildman–Crippen LogP) is 3.64. The van der Waals surface area contributed by atoms with Crippen molar-refractivity contribution in [1.82, 2.24) is 20.1 Å². The minimum absolute atomic E-state index is 0.0825. The van der Waals surface area contributed by atoms with Crippen LogP contribution in [0.3, 0.4) is 0 Å². The van der Waals surface area contributed by atoms with Crippen LogP contribution in [0.1, 0.15) is 41.4 Å². The summed E-state index contributed by atoms with van der Waals surface area (Å²) in [5, 5.41) is 10.5. The molecule has 6 nitrogen and oxygen atoms in total. The number of hydrogen-bond acceptors (Lipinski definition) is 5. The van der Waals surface area contributed by atoms with Gasteiger partial charge in [-0.3, -0.25) is 9.48 Å². The van der Waals surface area contributed by atoms with Gasteiger partial charge in [-0.2, -0.15) is 5.10 Å². The summed E-state index contributed by atoms with van der Waals surface area (Å²) >= 11 is 1.42. The van der Waals surface area contributed by atoms with Gasteiger partial charge in [0.15, 0.2) is 0 Å². The maximum absolute atomic E-state index is 11.9. The number of amides is 1. The standard InChI is InChI=1S/C18H20N4O2S/c1-19-17(23)14-9-11(10-25-14)16-15-13(7-8-20-18(15)24-2)22(21-16)12-5-3-4-6-12/h7-10,12H,3-6H2,1-2H3,(H,19,23). The first kappa shape index (κ1) is 16.1. The second-order valence-electron chi connectivity index (χ2n) is 6.22. The number of nitrogens with zero attached hydrogens (tertiary/aromatic N) is 3. The molecule has 0 aliphatic heterocycles. The quantitative estimate of drug-likeness (QED) is 0.775. The highest BCUT2D eigenvalue weighted by Gasteiger charge is 2.25. The average Bonchev–Trinajstić information content (AvgIpc) is 3.38. The Hall–Kier alpha value is -2.41. The summed E-state index contributed by atoms with van der Waals surface area (Å²) in [5.74, 6) is 0.491. The molecule has 4 rings (SSSR count). The van der Waals surface area contributed by atoms with E-state index in [0.29, 0.717) is 16.8 Å². The smallest absolute Gasteiger partial charge is 0.261 e. The number of rotatable bonds is 4. The number of pyridine rings is 1. The molecule has 1 aliphatic rings. The van der Waals surface area contributed by atoms with Crippen LogP contribution in [0.2, 0.25) is 0 Å². The summed E-state index contributed by atoms with van der Waals surface area (Å²) in [7, 11) is 3.26. The molecule has 130 valence electrons. The Morgan fingerprint density at radius 2 is 2.20 bits per heavy atom. The lowest BCUT2D eigenvalue weighted by molar-refractivity contribution is 0.0967. The minimum atomic E-state index is -0.0825. The number of carbonyl (C=O) groups is 1. The maximum Gasteiger partial charge on any atom is 0.261 e. The normalized spacial score (nSPS) is 15.0. The second-order valence-corrected chi connectivity index (χ2v) is 7.14. The summed E-state index contributed by atoms with van der Waals surface area (Å²) in [6, 6.07) is 4.30. The van der Waals surface area contributed by atoms with Gasteiger partial charge in [0.1, 0.15) is 5.69 Å². The van der Waals surface area contributed by atoms with Crippen molar-refractivity contribution < 1.29 is 9.53 Å². The Labute approximate surface area is 149 Å². The van der Waals surface area contributed by atoms with E-state index in [0.717, 1.165) is 35.0 Å². The number of aromatic nitrogens is 3. The van der Waals surface area contributed by atoms with Gasteiger partial charge in [0.2, 0.25) is 5.88 Å². The first-order valence-electron chi connectivity index (χ1n) is 8.45. The molecule has 0 atom stereocenters. The molecule has 0 spiro atoms. The Morgan fingerprint density at radius 1 is 1.40 bits per heavy atom. The molecule has 1 aliphatic carbocycles. The molecule has 3 aromatic heterocycles. The second kappa shape index (κ2) is 6.48. The van der Waals surface area contributed by atoms with Crippen LogP contribution < -0.4 is 10.1 Å². The van der Waals surface area contributed by atoms with E-state index < -0.39 is 0 Å². The van der Waals surface area contributed by atoms with Crippen LogP contribution in [0.4, 0.5) is 0 Å². The van der Waals surface area contributed by atoms with Crippen LogP contribution in [0, 0.1) is 0 Å². The van der Waals surface area contributed by atoms with Crippen molar-refractivity contribution in [2.75, 3.05) is 14.2 Å². The molecule has 1 N–H and O–H groups in total. The average molecular weight is 356 g/mol. The number of thiophene rings is 1. The van der Waals surface area contributed by atoms with Crippen molar-refractivity contribution >= 4 is 28.1 Å². The number of hydrogen-bond donors (Lipinski definition) is 1. The lowest BCUT2D eigenvalue weighted by Crippen LogP contribution is -2.16. The van der Waals surface area contributed by atoms with Crippen molar-refractivity contribution in [1.29, 1.82) is 0 Å². The summed E-state index contributed by atoms with van der Waals surface area (Å²) in [6.07, 6.45) is 6.54. The zero-order chi connectivity index (χ0) is 17.4. The molecule has 0 unspecified atom stereocenters. The molecule has 3 heterocycles. The third-order valence-corrected chi connectivity index (χ3v) is 5.70. The van der Waals surface area contributed by atoms with Crippen molar-refractivity contribution in [2.45, 2.75) is 31.7 Å². The fourth-order valence-corrected chi connectivity index (χ4v) is 4.38. The fourth-order valence-electron chi connectivity index (χ4n) is 3.54. The van der Waals surface area contributed by atoms with Gasteiger partial charge in [0.05, 0.1) is 28.9 Å². The number of ether oxygens (including phenoxy) is 1. The van der Waals surface area contributed by atoms with Gasteiger partial charge in [-0.05, 0) is 25.0 Å². The Kier molecular flexibility index (Phi) is 4.17. The number of fused-ring (bicyclic) bond motifs is 1. The van der Waals surface area contributed by atoms with Crippen LogP contribution in [0.25, 0.3) is 22.2 Å². The molecular weight excluding hydrogens is 336 g/mol. The summed E-state index contributed by atoms with van der Waals surface area (Å²) in [4.78, 5) is 16.9. The van der Waals surface area contributed by atoms with Crippen LogP contribution >= 0.6 is 11.3 Å². The lowest BCUT2D eigenvalue weighted by Gasteiger charge is -2.11. The summed E-state index contributed by atoms with van der Waals surface area (Å²) in [5.41, 5.74) is 2.80. The van der Waals surface area contributed by atoms with E-state index in [-0.39, 0.29) is 5.91 Å². The van der Waals surface area contributed by atoms with Gasteiger partial charge in [0, 0.05) is 24.2 Å². The third kappa shape index (κ3) is 2.68. The van der Waals surface area contributed by atoms with Crippen LogP contribution in [0.15, 0.2) is 23.7 Å². The summed E-state index contributed by atoms with van der Waals surface area (Å²) in [6.45, 7) is 0. The van der Waals surface area contributed by atoms with Crippen LogP contribution in [0.5, 0.6) is 5.88 Å². The molecule has 1 amide bonds. The highest BCUT2D eigenvalue weighted by molar-refractivity contribution is 7.12. The predicted molar refractivity (Wildman–Crippen MR) is 98.3 cm³/mol. The Bertz CT molecular complexity index is 924. The first-order valence-corrected chi connectivity index (χ1v) is 9.33. The van der Waals surface area contributed by atoms with Gasteiger partial charge < -0.3 is 10.1 Å². The molecule has 1 fully saturated rings. The Morgan fingerprint density at radius 3 is 2.92 bits per heavy atom. The highest BCUT2D eigenvalue weighted by atomic mass is 32.1. The summed E-state index contributed by atoms with van der Waals surface area (Å²) < 4.78 is 7.62. The molecule has 0 radical (unpaired) electrons. The lowest BCUT2D eigenvalue weighted by atomic mass is 10.1. The van der Waals surface area contributed by atoms with E-state index in [9.17, 15) is 4.79 Å². The van der Waals surface area contributed by atoms with E-state index in [1.54, 1.807) is 20.4 Å². The van der Waals surface area contributed by atoms with E-state index in [4.69, 9.17) is 9.84 Å². The largest absolute Gasteiger partial charge is 0.480 e. The molecule has 0 aromatic carbocycles. The molecular formula is C18H20N4O2S.